The van der Waals surface area contributed by atoms with Crippen LogP contribution in [0.3, 0.4) is 0 Å². The number of methoxy groups -OCH3 is 1. The molecule has 1 atom stereocenters. The molecule has 1 heterocycles. The Labute approximate surface area is 69.6 Å². The first-order valence-electron chi connectivity index (χ1n) is 2.85. The van der Waals surface area contributed by atoms with Gasteiger partial charge in [0.1, 0.15) is 0 Å². The van der Waals surface area contributed by atoms with Gasteiger partial charge in [-0.25, -0.2) is 0 Å². The third-order valence-corrected chi connectivity index (χ3v) is 2.52. The lowest BCUT2D eigenvalue weighted by molar-refractivity contribution is 0.143. The molecule has 1 aromatic rings. The molecule has 0 aromatic carbocycles. The van der Waals surface area contributed by atoms with E-state index in [1.165, 1.54) is 11.3 Å². The summed E-state index contributed by atoms with van der Waals surface area (Å²) in [6.07, 6.45) is -0.0856. The summed E-state index contributed by atoms with van der Waals surface area (Å²) in [6, 6.07) is 3.77. The molecule has 0 fully saturated rings. The summed E-state index contributed by atoms with van der Waals surface area (Å²) in [6.45, 7) is 3.77. The Bertz CT molecular complexity index is 209. The highest BCUT2D eigenvalue weighted by molar-refractivity contribution is 7.16. The molecule has 1 rings (SSSR count). The van der Waals surface area contributed by atoms with Gasteiger partial charge < -0.3 is 4.74 Å². The van der Waals surface area contributed by atoms with E-state index in [0.29, 0.717) is 0 Å². The molecule has 0 aliphatic heterocycles. The van der Waals surface area contributed by atoms with Gasteiger partial charge in [-0.05, 0) is 19.1 Å². The van der Waals surface area contributed by atoms with E-state index < -0.39 is 0 Å². The largest absolute Gasteiger partial charge is 0.376 e. The highest BCUT2D eigenvalue weighted by Crippen LogP contribution is 2.27. The molecule has 0 aliphatic carbocycles. The van der Waals surface area contributed by atoms with Gasteiger partial charge in [0.25, 0.3) is 0 Å². The Morgan fingerprint density at radius 2 is 2.40 bits per heavy atom. The van der Waals surface area contributed by atoms with Crippen LogP contribution >= 0.6 is 22.9 Å². The molecule has 1 aromatic heterocycles. The van der Waals surface area contributed by atoms with Crippen LogP contribution in [-0.2, 0) is 4.74 Å². The molecular weight excluding hydrogens is 168 g/mol. The van der Waals surface area contributed by atoms with E-state index >= 15 is 0 Å². The molecule has 1 unspecified atom stereocenters. The van der Waals surface area contributed by atoms with Crippen molar-refractivity contribution in [3.8, 4) is 0 Å². The van der Waals surface area contributed by atoms with Crippen molar-refractivity contribution in [2.75, 3.05) is 7.11 Å². The van der Waals surface area contributed by atoms with Crippen molar-refractivity contribution in [3.63, 3.8) is 0 Å². The van der Waals surface area contributed by atoms with Gasteiger partial charge in [0.2, 0.25) is 0 Å². The van der Waals surface area contributed by atoms with E-state index in [0.717, 1.165) is 9.21 Å². The van der Waals surface area contributed by atoms with Crippen molar-refractivity contribution >= 4 is 22.9 Å². The maximum Gasteiger partial charge on any atom is 0.0932 e. The summed E-state index contributed by atoms with van der Waals surface area (Å²) >= 11 is 7.19. The van der Waals surface area contributed by atoms with Crippen LogP contribution in [0.5, 0.6) is 0 Å². The Morgan fingerprint density at radius 1 is 1.70 bits per heavy atom. The van der Waals surface area contributed by atoms with Gasteiger partial charge in [0, 0.05) is 12.0 Å². The number of ether oxygens (including phenoxy) is 1. The second kappa shape index (κ2) is 3.37. The van der Waals surface area contributed by atoms with E-state index in [4.69, 9.17) is 16.3 Å². The molecule has 0 spiro atoms. The van der Waals surface area contributed by atoms with Gasteiger partial charge >= 0.3 is 0 Å². The average molecular weight is 176 g/mol. The second-order valence-electron chi connectivity index (χ2n) is 1.87. The van der Waals surface area contributed by atoms with Crippen LogP contribution in [0.1, 0.15) is 11.0 Å². The summed E-state index contributed by atoms with van der Waals surface area (Å²) in [5, 5.41) is 0. The molecule has 1 nitrogen and oxygen atoms in total. The van der Waals surface area contributed by atoms with Crippen LogP contribution in [-0.4, -0.2) is 7.11 Å². The smallest absolute Gasteiger partial charge is 0.0932 e. The fraction of sp³-hybridized carbons (Fsp3) is 0.286. The summed E-state index contributed by atoms with van der Waals surface area (Å²) in [5.74, 6) is 0. The van der Waals surface area contributed by atoms with E-state index in [1.807, 2.05) is 12.1 Å². The van der Waals surface area contributed by atoms with Crippen molar-refractivity contribution in [1.29, 1.82) is 0 Å². The normalized spacial score (nSPS) is 13.5. The number of hydrogen-bond donors (Lipinski definition) is 0. The molecule has 0 saturated carbocycles. The molecule has 0 N–H and O–H groups in total. The molecule has 0 aliphatic rings. The summed E-state index contributed by atoms with van der Waals surface area (Å²) < 4.78 is 5.77. The Morgan fingerprint density at radius 3 is 2.80 bits per heavy atom. The molecule has 55 valence electrons. The highest BCUT2D eigenvalue weighted by Gasteiger charge is 2.05. The first kappa shape index (κ1) is 8.05. The maximum atomic E-state index is 5.70. The minimum absolute atomic E-state index is 0.0856. The van der Waals surface area contributed by atoms with E-state index in [1.54, 1.807) is 7.11 Å². The molecule has 0 bridgehead atoms. The lowest BCUT2D eigenvalue weighted by atomic mass is 10.3. The predicted molar refractivity (Wildman–Crippen MR) is 44.4 cm³/mol. The number of rotatable bonds is 2. The van der Waals surface area contributed by atoms with Crippen LogP contribution in [0.25, 0.3) is 0 Å². The first-order chi connectivity index (χ1) is 4.74. The topological polar surface area (TPSA) is 9.23 Å². The highest BCUT2D eigenvalue weighted by atomic mass is 35.5. The number of hydrogen-bond acceptors (Lipinski definition) is 2. The zero-order valence-corrected chi connectivity index (χ0v) is 7.21. The molecule has 3 heteroatoms. The maximum absolute atomic E-state index is 5.70. The fourth-order valence-electron chi connectivity index (χ4n) is 0.617. The SMILES string of the molecule is [CH2]C(OC)c1ccc(Cl)s1. The first-order valence-corrected chi connectivity index (χ1v) is 4.04. The fourth-order valence-corrected chi connectivity index (χ4v) is 1.67. The minimum atomic E-state index is -0.0856. The zero-order valence-electron chi connectivity index (χ0n) is 5.63. The van der Waals surface area contributed by atoms with Crippen molar-refractivity contribution < 1.29 is 4.74 Å². The van der Waals surface area contributed by atoms with Gasteiger partial charge in [0.15, 0.2) is 0 Å². The molecule has 0 amide bonds. The van der Waals surface area contributed by atoms with Gasteiger partial charge in [0.05, 0.1) is 10.4 Å². The number of halogens is 1. The Balaban J connectivity index is 2.74. The van der Waals surface area contributed by atoms with Gasteiger partial charge in [-0.2, -0.15) is 0 Å². The van der Waals surface area contributed by atoms with Crippen molar-refractivity contribution in [2.24, 2.45) is 0 Å². The van der Waals surface area contributed by atoms with Gasteiger partial charge in [-0.1, -0.05) is 11.6 Å². The van der Waals surface area contributed by atoms with Crippen molar-refractivity contribution in [2.45, 2.75) is 6.10 Å². The van der Waals surface area contributed by atoms with Crippen molar-refractivity contribution in [1.82, 2.24) is 0 Å². The van der Waals surface area contributed by atoms with Gasteiger partial charge in [-0.15, -0.1) is 11.3 Å². The summed E-state index contributed by atoms with van der Waals surface area (Å²) in [7, 11) is 1.63. The predicted octanol–water partition coefficient (Wildman–Crippen LogP) is 2.92. The van der Waals surface area contributed by atoms with E-state index in [-0.39, 0.29) is 6.10 Å². The lowest BCUT2D eigenvalue weighted by Crippen LogP contribution is -1.91. The summed E-state index contributed by atoms with van der Waals surface area (Å²) in [5.41, 5.74) is 0. The summed E-state index contributed by atoms with van der Waals surface area (Å²) in [4.78, 5) is 1.06. The standard InChI is InChI=1S/C7H8ClOS/c1-5(9-2)6-3-4-7(8)10-6/h3-5H,1H2,2H3. The Kier molecular flexibility index (Phi) is 2.72. The lowest BCUT2D eigenvalue weighted by Gasteiger charge is -2.03. The van der Waals surface area contributed by atoms with Crippen LogP contribution in [0.15, 0.2) is 12.1 Å². The molecular formula is C7H8ClOS. The van der Waals surface area contributed by atoms with Crippen LogP contribution < -0.4 is 0 Å². The van der Waals surface area contributed by atoms with Crippen LogP contribution in [0.2, 0.25) is 4.34 Å². The monoisotopic (exact) mass is 175 g/mol. The second-order valence-corrected chi connectivity index (χ2v) is 3.61. The third-order valence-electron chi connectivity index (χ3n) is 1.20. The third kappa shape index (κ3) is 1.72. The average Bonchev–Trinajstić information content (AvgIpc) is 2.34. The molecule has 10 heavy (non-hydrogen) atoms. The zero-order chi connectivity index (χ0) is 7.56. The van der Waals surface area contributed by atoms with Crippen molar-refractivity contribution in [3.05, 3.63) is 28.3 Å². The quantitative estimate of drug-likeness (QED) is 0.672. The molecule has 1 radical (unpaired) electrons. The van der Waals surface area contributed by atoms with E-state index in [9.17, 15) is 0 Å². The van der Waals surface area contributed by atoms with Gasteiger partial charge in [-0.3, -0.25) is 0 Å². The van der Waals surface area contributed by atoms with E-state index in [2.05, 4.69) is 6.92 Å². The van der Waals surface area contributed by atoms with Crippen LogP contribution in [0, 0.1) is 6.92 Å². The Hall–Kier alpha value is -0.0500. The van der Waals surface area contributed by atoms with Crippen LogP contribution in [0.4, 0.5) is 0 Å². The molecule has 0 saturated heterocycles. The minimum Gasteiger partial charge on any atom is -0.376 e. The number of thiophene rings is 1.